The molecule has 0 radical (unpaired) electrons. The second-order valence-corrected chi connectivity index (χ2v) is 6.70. The number of aromatic hydroxyl groups is 1. The molecule has 0 unspecified atom stereocenters. The van der Waals surface area contributed by atoms with Crippen LogP contribution in [-0.4, -0.2) is 26.9 Å². The number of nitrogens with one attached hydrogen (secondary N) is 2. The molecule has 7 heteroatoms. The lowest BCUT2D eigenvalue weighted by Crippen LogP contribution is -2.14. The van der Waals surface area contributed by atoms with Crippen LogP contribution in [0.25, 0.3) is 11.4 Å². The Bertz CT molecular complexity index is 1210. The number of benzene rings is 3. The molecule has 1 heterocycles. The van der Waals surface area contributed by atoms with Crippen LogP contribution in [-0.2, 0) is 0 Å². The molecule has 0 saturated carbocycles. The standard InChI is InChI=1S/C24H18N4O3/c29-21-8-4-7-18(13-21)22-25-14-20(15-26-22)28-24(31)17-9-11-19(12-10-17)27-23(30)16-5-2-1-3-6-16/h1-15,29H,(H,27,30)(H,28,31). The van der Waals surface area contributed by atoms with E-state index in [0.29, 0.717) is 33.9 Å². The first-order valence-corrected chi connectivity index (χ1v) is 9.48. The maximum Gasteiger partial charge on any atom is 0.255 e. The van der Waals surface area contributed by atoms with E-state index in [1.54, 1.807) is 72.8 Å². The number of rotatable bonds is 5. The maximum atomic E-state index is 12.5. The van der Waals surface area contributed by atoms with E-state index in [2.05, 4.69) is 20.6 Å². The molecule has 0 aliphatic heterocycles. The highest BCUT2D eigenvalue weighted by atomic mass is 16.3. The molecule has 0 fully saturated rings. The normalized spacial score (nSPS) is 10.3. The summed E-state index contributed by atoms with van der Waals surface area (Å²) in [7, 11) is 0. The topological polar surface area (TPSA) is 104 Å². The lowest BCUT2D eigenvalue weighted by Gasteiger charge is -2.08. The van der Waals surface area contributed by atoms with Gasteiger partial charge in [-0.2, -0.15) is 0 Å². The molecule has 0 aliphatic rings. The summed E-state index contributed by atoms with van der Waals surface area (Å²) in [5.74, 6) is 0.0192. The first-order chi connectivity index (χ1) is 15.1. The molecule has 152 valence electrons. The van der Waals surface area contributed by atoms with Crippen molar-refractivity contribution < 1.29 is 14.7 Å². The van der Waals surface area contributed by atoms with E-state index < -0.39 is 0 Å². The Labute approximate surface area is 178 Å². The summed E-state index contributed by atoms with van der Waals surface area (Å²) in [5, 5.41) is 15.1. The highest BCUT2D eigenvalue weighted by Gasteiger charge is 2.09. The molecule has 4 rings (SSSR count). The van der Waals surface area contributed by atoms with Crippen molar-refractivity contribution in [1.29, 1.82) is 0 Å². The largest absolute Gasteiger partial charge is 0.508 e. The Morgan fingerprint density at radius 1 is 0.677 bits per heavy atom. The molecule has 3 N–H and O–H groups in total. The van der Waals surface area contributed by atoms with Crippen molar-refractivity contribution in [3.8, 4) is 17.1 Å². The minimum atomic E-state index is -0.324. The van der Waals surface area contributed by atoms with Gasteiger partial charge in [0.15, 0.2) is 5.82 Å². The van der Waals surface area contributed by atoms with E-state index in [1.165, 1.54) is 12.4 Å². The third-order valence-electron chi connectivity index (χ3n) is 4.45. The van der Waals surface area contributed by atoms with Crippen LogP contribution in [0.1, 0.15) is 20.7 Å². The first kappa shape index (κ1) is 19.8. The fourth-order valence-corrected chi connectivity index (χ4v) is 2.89. The zero-order chi connectivity index (χ0) is 21.6. The second kappa shape index (κ2) is 8.87. The predicted molar refractivity (Wildman–Crippen MR) is 118 cm³/mol. The molecule has 2 amide bonds. The molecule has 7 nitrogen and oxygen atoms in total. The molecule has 3 aromatic carbocycles. The summed E-state index contributed by atoms with van der Waals surface area (Å²) in [6.07, 6.45) is 3.00. The minimum Gasteiger partial charge on any atom is -0.508 e. The quantitative estimate of drug-likeness (QED) is 0.454. The number of hydrogen-bond acceptors (Lipinski definition) is 5. The number of hydrogen-bond donors (Lipinski definition) is 3. The Kier molecular flexibility index (Phi) is 5.66. The highest BCUT2D eigenvalue weighted by Crippen LogP contribution is 2.20. The van der Waals surface area contributed by atoms with E-state index in [0.717, 1.165) is 0 Å². The highest BCUT2D eigenvalue weighted by molar-refractivity contribution is 6.06. The summed E-state index contributed by atoms with van der Waals surface area (Å²) >= 11 is 0. The Morgan fingerprint density at radius 3 is 1.94 bits per heavy atom. The summed E-state index contributed by atoms with van der Waals surface area (Å²) in [4.78, 5) is 33.1. The van der Waals surface area contributed by atoms with Crippen LogP contribution in [0.3, 0.4) is 0 Å². The van der Waals surface area contributed by atoms with E-state index in [4.69, 9.17) is 0 Å². The van der Waals surface area contributed by atoms with Crippen LogP contribution >= 0.6 is 0 Å². The molecule has 0 aliphatic carbocycles. The van der Waals surface area contributed by atoms with Crippen molar-refractivity contribution in [3.63, 3.8) is 0 Å². The summed E-state index contributed by atoms with van der Waals surface area (Å²) in [6.45, 7) is 0. The molecule has 0 atom stereocenters. The van der Waals surface area contributed by atoms with Gasteiger partial charge in [-0.3, -0.25) is 9.59 Å². The van der Waals surface area contributed by atoms with Crippen molar-refractivity contribution in [2.45, 2.75) is 0 Å². The van der Waals surface area contributed by atoms with Gasteiger partial charge in [0.25, 0.3) is 11.8 Å². The zero-order valence-electron chi connectivity index (χ0n) is 16.3. The van der Waals surface area contributed by atoms with Crippen molar-refractivity contribution in [3.05, 3.63) is 102 Å². The van der Waals surface area contributed by atoms with Crippen molar-refractivity contribution in [2.75, 3.05) is 10.6 Å². The van der Waals surface area contributed by atoms with Crippen LogP contribution < -0.4 is 10.6 Å². The van der Waals surface area contributed by atoms with Crippen LogP contribution in [0.15, 0.2) is 91.3 Å². The third-order valence-corrected chi connectivity index (χ3v) is 4.45. The van der Waals surface area contributed by atoms with Crippen molar-refractivity contribution in [1.82, 2.24) is 9.97 Å². The van der Waals surface area contributed by atoms with Crippen molar-refractivity contribution >= 4 is 23.2 Å². The van der Waals surface area contributed by atoms with Crippen LogP contribution in [0.4, 0.5) is 11.4 Å². The molecule has 4 aromatic rings. The van der Waals surface area contributed by atoms with Crippen molar-refractivity contribution in [2.24, 2.45) is 0 Å². The van der Waals surface area contributed by atoms with E-state index >= 15 is 0 Å². The number of anilines is 2. The maximum absolute atomic E-state index is 12.5. The van der Waals surface area contributed by atoms with Gasteiger partial charge < -0.3 is 15.7 Å². The number of carbonyl (C=O) groups is 2. The first-order valence-electron chi connectivity index (χ1n) is 9.48. The predicted octanol–water partition coefficient (Wildman–Crippen LogP) is 4.35. The van der Waals surface area contributed by atoms with E-state index in [-0.39, 0.29) is 17.6 Å². The smallest absolute Gasteiger partial charge is 0.255 e. The summed E-state index contributed by atoms with van der Waals surface area (Å²) in [5.41, 5.74) is 2.68. The van der Waals surface area contributed by atoms with Gasteiger partial charge in [0, 0.05) is 22.4 Å². The van der Waals surface area contributed by atoms with Gasteiger partial charge >= 0.3 is 0 Å². The number of carbonyl (C=O) groups excluding carboxylic acids is 2. The molecule has 0 spiro atoms. The molecule has 0 bridgehead atoms. The molecule has 31 heavy (non-hydrogen) atoms. The molecular formula is C24H18N4O3. The Balaban J connectivity index is 1.39. The lowest BCUT2D eigenvalue weighted by atomic mass is 10.1. The van der Waals surface area contributed by atoms with Gasteiger partial charge in [-0.25, -0.2) is 9.97 Å². The van der Waals surface area contributed by atoms with Gasteiger partial charge in [-0.1, -0.05) is 30.3 Å². The number of nitrogens with zero attached hydrogens (tertiary/aromatic N) is 2. The Morgan fingerprint density at radius 2 is 1.29 bits per heavy atom. The minimum absolute atomic E-state index is 0.127. The number of amides is 2. The molecule has 0 saturated heterocycles. The van der Waals surface area contributed by atoms with E-state index in [1.807, 2.05) is 6.07 Å². The monoisotopic (exact) mass is 410 g/mol. The molecule has 1 aromatic heterocycles. The van der Waals surface area contributed by atoms with Gasteiger partial charge in [-0.15, -0.1) is 0 Å². The fraction of sp³-hybridized carbons (Fsp3) is 0. The van der Waals surface area contributed by atoms with E-state index in [9.17, 15) is 14.7 Å². The van der Waals surface area contributed by atoms with Crippen LogP contribution in [0, 0.1) is 0 Å². The van der Waals surface area contributed by atoms with Crippen LogP contribution in [0.2, 0.25) is 0 Å². The number of phenols is 1. The number of phenolic OH excluding ortho intramolecular Hbond substituents is 1. The second-order valence-electron chi connectivity index (χ2n) is 6.70. The third kappa shape index (κ3) is 4.91. The van der Waals surface area contributed by atoms with Gasteiger partial charge in [0.05, 0.1) is 18.1 Å². The summed E-state index contributed by atoms with van der Waals surface area (Å²) < 4.78 is 0. The SMILES string of the molecule is O=C(Nc1ccc(C(=O)Nc2cnc(-c3cccc(O)c3)nc2)cc1)c1ccccc1. The van der Waals surface area contributed by atoms with Crippen LogP contribution in [0.5, 0.6) is 5.75 Å². The number of aromatic nitrogens is 2. The lowest BCUT2D eigenvalue weighted by molar-refractivity contribution is 0.102. The fourth-order valence-electron chi connectivity index (χ4n) is 2.89. The average Bonchev–Trinajstić information content (AvgIpc) is 2.80. The van der Waals surface area contributed by atoms with Gasteiger partial charge in [0.2, 0.25) is 0 Å². The zero-order valence-corrected chi connectivity index (χ0v) is 16.3. The Hall–Kier alpha value is -4.52. The average molecular weight is 410 g/mol. The molecular weight excluding hydrogens is 392 g/mol. The van der Waals surface area contributed by atoms with Gasteiger partial charge in [-0.05, 0) is 48.5 Å². The van der Waals surface area contributed by atoms with Gasteiger partial charge in [0.1, 0.15) is 5.75 Å². The summed E-state index contributed by atoms with van der Waals surface area (Å²) in [6, 6.07) is 22.1.